The van der Waals surface area contributed by atoms with Crippen molar-refractivity contribution in [2.24, 2.45) is 4.99 Å². The molecule has 24 heavy (non-hydrogen) atoms. The van der Waals surface area contributed by atoms with E-state index in [1.807, 2.05) is 6.92 Å². The number of aryl methyl sites for hydroxylation is 1. The standard InChI is InChI=1S/C17H17ClN2O2S2/c1-13-2-4-14(5-3-13)12-23-17-19-10-11-20(17)24(21,22)16-8-6-15(18)7-9-16/h2-9H,10-12H2,1H3. The van der Waals surface area contributed by atoms with Gasteiger partial charge >= 0.3 is 0 Å². The topological polar surface area (TPSA) is 49.7 Å². The van der Waals surface area contributed by atoms with E-state index < -0.39 is 10.0 Å². The van der Waals surface area contributed by atoms with E-state index >= 15 is 0 Å². The summed E-state index contributed by atoms with van der Waals surface area (Å²) in [6, 6.07) is 14.4. The Morgan fingerprint density at radius 2 is 1.79 bits per heavy atom. The van der Waals surface area contributed by atoms with Gasteiger partial charge in [0.05, 0.1) is 18.0 Å². The fourth-order valence-corrected chi connectivity index (χ4v) is 5.12. The van der Waals surface area contributed by atoms with E-state index in [4.69, 9.17) is 11.6 Å². The number of sulfonamides is 1. The first-order valence-electron chi connectivity index (χ1n) is 7.48. The molecular weight excluding hydrogens is 364 g/mol. The van der Waals surface area contributed by atoms with Crippen LogP contribution in [0, 0.1) is 6.92 Å². The number of hydrogen-bond donors (Lipinski definition) is 0. The Balaban J connectivity index is 1.75. The highest BCUT2D eigenvalue weighted by atomic mass is 35.5. The van der Waals surface area contributed by atoms with Gasteiger partial charge in [0, 0.05) is 10.8 Å². The Hall–Kier alpha value is -1.50. The molecular formula is C17H17ClN2O2S2. The number of rotatable bonds is 4. The van der Waals surface area contributed by atoms with E-state index in [0.29, 0.717) is 29.0 Å². The number of thioether (sulfide) groups is 1. The van der Waals surface area contributed by atoms with Gasteiger partial charge in [-0.25, -0.2) is 12.7 Å². The number of hydrogen-bond acceptors (Lipinski definition) is 4. The Labute approximate surface area is 151 Å². The molecule has 0 saturated heterocycles. The summed E-state index contributed by atoms with van der Waals surface area (Å²) in [5, 5.41) is 1.06. The molecule has 1 aliphatic heterocycles. The van der Waals surface area contributed by atoms with E-state index in [-0.39, 0.29) is 4.90 Å². The number of halogens is 1. The normalized spacial score (nSPS) is 14.8. The maximum Gasteiger partial charge on any atom is 0.265 e. The molecule has 1 heterocycles. The van der Waals surface area contributed by atoms with Crippen molar-refractivity contribution < 1.29 is 8.42 Å². The largest absolute Gasteiger partial charge is 0.265 e. The minimum absolute atomic E-state index is 0.234. The molecule has 0 N–H and O–H groups in total. The van der Waals surface area contributed by atoms with Crippen LogP contribution in [0.15, 0.2) is 58.4 Å². The van der Waals surface area contributed by atoms with Gasteiger partial charge in [0.15, 0.2) is 5.17 Å². The number of benzene rings is 2. The minimum Gasteiger partial charge on any atom is -0.260 e. The van der Waals surface area contributed by atoms with Gasteiger partial charge < -0.3 is 0 Å². The summed E-state index contributed by atoms with van der Waals surface area (Å²) in [4.78, 5) is 4.59. The van der Waals surface area contributed by atoms with E-state index in [0.717, 1.165) is 5.56 Å². The molecule has 0 atom stereocenters. The van der Waals surface area contributed by atoms with Gasteiger partial charge in [0.25, 0.3) is 10.0 Å². The molecule has 0 aliphatic carbocycles. The molecule has 2 aromatic rings. The Bertz CT molecular complexity index is 847. The smallest absolute Gasteiger partial charge is 0.260 e. The molecule has 3 rings (SSSR count). The Morgan fingerprint density at radius 1 is 1.12 bits per heavy atom. The van der Waals surface area contributed by atoms with Crippen molar-refractivity contribution in [2.45, 2.75) is 17.6 Å². The van der Waals surface area contributed by atoms with Crippen LogP contribution in [0.1, 0.15) is 11.1 Å². The molecule has 0 unspecified atom stereocenters. The van der Waals surface area contributed by atoms with Crippen molar-refractivity contribution in [3.63, 3.8) is 0 Å². The first-order valence-corrected chi connectivity index (χ1v) is 10.3. The average Bonchev–Trinajstić information content (AvgIpc) is 3.04. The van der Waals surface area contributed by atoms with E-state index in [2.05, 4.69) is 29.3 Å². The lowest BCUT2D eigenvalue weighted by molar-refractivity contribution is 0.540. The second-order valence-electron chi connectivity index (χ2n) is 5.47. The summed E-state index contributed by atoms with van der Waals surface area (Å²) < 4.78 is 27.0. The van der Waals surface area contributed by atoms with Gasteiger partial charge in [-0.3, -0.25) is 4.99 Å². The zero-order valence-electron chi connectivity index (χ0n) is 13.1. The average molecular weight is 381 g/mol. The van der Waals surface area contributed by atoms with E-state index in [1.54, 1.807) is 12.1 Å². The summed E-state index contributed by atoms with van der Waals surface area (Å²) in [6.07, 6.45) is 0. The van der Waals surface area contributed by atoms with Crippen LogP contribution in [0.2, 0.25) is 5.02 Å². The SMILES string of the molecule is Cc1ccc(CSC2=NCCN2S(=O)(=O)c2ccc(Cl)cc2)cc1. The van der Waals surface area contributed by atoms with E-state index in [1.165, 1.54) is 33.8 Å². The summed E-state index contributed by atoms with van der Waals surface area (Å²) >= 11 is 7.29. The van der Waals surface area contributed by atoms with Crippen LogP contribution in [0.5, 0.6) is 0 Å². The van der Waals surface area contributed by atoms with Crippen molar-refractivity contribution in [3.05, 3.63) is 64.7 Å². The van der Waals surface area contributed by atoms with Crippen LogP contribution in [-0.4, -0.2) is 31.0 Å². The van der Waals surface area contributed by atoms with Gasteiger partial charge in [-0.05, 0) is 36.8 Å². The molecule has 0 fully saturated rings. The number of amidine groups is 1. The van der Waals surface area contributed by atoms with Gasteiger partial charge in [-0.15, -0.1) is 0 Å². The minimum atomic E-state index is -3.59. The fourth-order valence-electron chi connectivity index (χ4n) is 2.32. The zero-order valence-corrected chi connectivity index (χ0v) is 15.5. The van der Waals surface area contributed by atoms with Crippen molar-refractivity contribution >= 4 is 38.6 Å². The predicted octanol–water partition coefficient (Wildman–Crippen LogP) is 3.94. The summed E-state index contributed by atoms with van der Waals surface area (Å²) in [7, 11) is -3.59. The molecule has 0 radical (unpaired) electrons. The molecule has 0 aromatic heterocycles. The lowest BCUT2D eigenvalue weighted by Gasteiger charge is -2.20. The Kier molecular flexibility index (Phi) is 5.18. The Morgan fingerprint density at radius 3 is 2.46 bits per heavy atom. The molecule has 0 amide bonds. The van der Waals surface area contributed by atoms with Crippen LogP contribution in [0.3, 0.4) is 0 Å². The van der Waals surface area contributed by atoms with Gasteiger partial charge in [-0.1, -0.05) is 53.2 Å². The van der Waals surface area contributed by atoms with Gasteiger partial charge in [0.2, 0.25) is 0 Å². The van der Waals surface area contributed by atoms with E-state index in [9.17, 15) is 8.42 Å². The first-order chi connectivity index (χ1) is 11.5. The van der Waals surface area contributed by atoms with Crippen molar-refractivity contribution in [1.29, 1.82) is 0 Å². The van der Waals surface area contributed by atoms with Gasteiger partial charge in [0.1, 0.15) is 0 Å². The second-order valence-corrected chi connectivity index (χ2v) is 8.71. The third-order valence-electron chi connectivity index (χ3n) is 3.65. The zero-order chi connectivity index (χ0) is 17.2. The second kappa shape index (κ2) is 7.17. The highest BCUT2D eigenvalue weighted by Gasteiger charge is 2.30. The summed E-state index contributed by atoms with van der Waals surface area (Å²) in [6.45, 7) is 2.91. The first kappa shape index (κ1) is 17.3. The molecule has 4 nitrogen and oxygen atoms in total. The predicted molar refractivity (Wildman–Crippen MR) is 100 cm³/mol. The van der Waals surface area contributed by atoms with Crippen molar-refractivity contribution in [2.75, 3.05) is 13.1 Å². The van der Waals surface area contributed by atoms with Crippen LogP contribution >= 0.6 is 23.4 Å². The molecule has 0 saturated carbocycles. The quantitative estimate of drug-likeness (QED) is 0.807. The fraction of sp³-hybridized carbons (Fsp3) is 0.235. The third kappa shape index (κ3) is 3.77. The van der Waals surface area contributed by atoms with Crippen LogP contribution < -0.4 is 0 Å². The monoisotopic (exact) mass is 380 g/mol. The summed E-state index contributed by atoms with van der Waals surface area (Å²) in [5.74, 6) is 0.686. The molecule has 0 spiro atoms. The molecule has 2 aromatic carbocycles. The third-order valence-corrected chi connectivity index (χ3v) is 6.91. The lowest BCUT2D eigenvalue weighted by Crippen LogP contribution is -2.32. The van der Waals surface area contributed by atoms with Crippen LogP contribution in [-0.2, 0) is 15.8 Å². The maximum absolute atomic E-state index is 12.8. The number of aliphatic imine (C=N–C) groups is 1. The van der Waals surface area contributed by atoms with Crippen LogP contribution in [0.4, 0.5) is 0 Å². The molecule has 126 valence electrons. The molecule has 7 heteroatoms. The molecule has 1 aliphatic rings. The number of nitrogens with zero attached hydrogens (tertiary/aromatic N) is 2. The summed E-state index contributed by atoms with van der Waals surface area (Å²) in [5.41, 5.74) is 2.35. The maximum atomic E-state index is 12.8. The van der Waals surface area contributed by atoms with Crippen molar-refractivity contribution in [1.82, 2.24) is 4.31 Å². The molecule has 0 bridgehead atoms. The highest BCUT2D eigenvalue weighted by molar-refractivity contribution is 8.14. The van der Waals surface area contributed by atoms with Crippen LogP contribution in [0.25, 0.3) is 0 Å². The van der Waals surface area contributed by atoms with Crippen molar-refractivity contribution in [3.8, 4) is 0 Å². The van der Waals surface area contributed by atoms with Gasteiger partial charge in [-0.2, -0.15) is 0 Å². The lowest BCUT2D eigenvalue weighted by atomic mass is 10.2. The highest BCUT2D eigenvalue weighted by Crippen LogP contribution is 2.26.